The van der Waals surface area contributed by atoms with E-state index in [1.807, 2.05) is 5.38 Å². The van der Waals surface area contributed by atoms with Crippen LogP contribution in [0.2, 0.25) is 0 Å². The third-order valence-corrected chi connectivity index (χ3v) is 0.715. The quantitative estimate of drug-likeness (QED) is 0.441. The van der Waals surface area contributed by atoms with Gasteiger partial charge >= 0.3 is 0 Å². The van der Waals surface area contributed by atoms with E-state index < -0.39 is 0 Å². The Hall–Kier alpha value is -0.640. The number of nitrogens with one attached hydrogen (secondary N) is 1. The van der Waals surface area contributed by atoms with Gasteiger partial charge in [0, 0.05) is 5.38 Å². The van der Waals surface area contributed by atoms with Gasteiger partial charge in [0.05, 0.1) is 11.4 Å². The van der Waals surface area contributed by atoms with E-state index in [-0.39, 0.29) is 0 Å². The minimum atomic E-state index is 1.35. The lowest BCUT2D eigenvalue weighted by Gasteiger charge is -1.40. The van der Waals surface area contributed by atoms with Crippen LogP contribution in [0.3, 0.4) is 0 Å². The van der Waals surface area contributed by atoms with Crippen molar-refractivity contribution in [2.24, 2.45) is 0 Å². The topological polar surface area (TPSA) is 49.6 Å². The first-order valence-corrected chi connectivity index (χ1v) is 2.91. The Morgan fingerprint density at radius 1 is 1.75 bits per heavy atom. The Kier molecular flexibility index (Phi) is 5.85. The molecule has 0 fully saturated rings. The highest BCUT2D eigenvalue weighted by Gasteiger charge is 1.61. The van der Waals surface area contributed by atoms with Crippen LogP contribution >= 0.6 is 23.8 Å². The second kappa shape index (κ2) is 6.36. The predicted octanol–water partition coefficient (Wildman–Crippen LogP) is 1.21. The molecule has 42 valence electrons. The summed E-state index contributed by atoms with van der Waals surface area (Å²) >= 11 is 5.16. The van der Waals surface area contributed by atoms with Gasteiger partial charge in [-0.1, -0.05) is 4.49 Å². The molecule has 0 bridgehead atoms. The molecule has 0 unspecified atom stereocenters. The van der Waals surface area contributed by atoms with Crippen molar-refractivity contribution in [2.45, 2.75) is 0 Å². The highest BCUT2D eigenvalue weighted by atomic mass is 32.1. The van der Waals surface area contributed by atoms with E-state index in [0.717, 1.165) is 0 Å². The molecular weight excluding hydrogens is 142 g/mol. The molecule has 1 N–H and O–H groups in total. The standard InChI is InChI=1S/C2H2N2S.CHNS/c1-2-5-4-3-1;2-1-3/h1-2H;2H. The molecule has 1 aromatic heterocycles. The molecular formula is C3H3N3S2. The second-order valence-corrected chi connectivity index (χ2v) is 1.54. The summed E-state index contributed by atoms with van der Waals surface area (Å²) in [5.74, 6) is 0. The highest BCUT2D eigenvalue weighted by molar-refractivity contribution is 7.78. The molecule has 0 radical (unpaired) electrons. The van der Waals surface area contributed by atoms with Crippen LogP contribution in [-0.4, -0.2) is 14.7 Å². The molecule has 0 aromatic carbocycles. The van der Waals surface area contributed by atoms with Gasteiger partial charge in [-0.2, -0.15) is 0 Å². The van der Waals surface area contributed by atoms with E-state index in [4.69, 9.17) is 5.41 Å². The maximum atomic E-state index is 5.77. The summed E-state index contributed by atoms with van der Waals surface area (Å²) in [6.07, 6.45) is 1.66. The Bertz CT molecular complexity index is 124. The van der Waals surface area contributed by atoms with Crippen molar-refractivity contribution in [3.05, 3.63) is 11.6 Å². The lowest BCUT2D eigenvalue weighted by molar-refractivity contribution is 1.16. The lowest BCUT2D eigenvalue weighted by Crippen LogP contribution is -1.51. The molecule has 0 amide bonds. The molecule has 0 aliphatic heterocycles. The normalized spacial score (nSPS) is 6.00. The van der Waals surface area contributed by atoms with E-state index in [1.165, 1.54) is 11.5 Å². The third-order valence-electron chi connectivity index (χ3n) is 0.283. The Morgan fingerprint density at radius 2 is 2.38 bits per heavy atom. The summed E-state index contributed by atoms with van der Waals surface area (Å²) < 4.78 is 3.51. The van der Waals surface area contributed by atoms with Crippen molar-refractivity contribution in [1.82, 2.24) is 9.59 Å². The minimum absolute atomic E-state index is 1.35. The number of rotatable bonds is 0. The first-order chi connectivity index (χ1) is 3.91. The fourth-order valence-corrected chi connectivity index (χ4v) is 0.408. The molecule has 1 rings (SSSR count). The lowest BCUT2D eigenvalue weighted by atomic mass is 11.1. The average molecular weight is 145 g/mol. The number of isothiocyanates is 1. The molecule has 0 saturated carbocycles. The summed E-state index contributed by atoms with van der Waals surface area (Å²) in [5.41, 5.74) is 0. The number of hydrogen-bond donors (Lipinski definition) is 1. The van der Waals surface area contributed by atoms with Crippen LogP contribution < -0.4 is 0 Å². The highest BCUT2D eigenvalue weighted by Crippen LogP contribution is 1.78. The maximum absolute atomic E-state index is 5.77. The first kappa shape index (κ1) is 7.36. The zero-order valence-corrected chi connectivity index (χ0v) is 5.50. The van der Waals surface area contributed by atoms with Crippen LogP contribution in [0.5, 0.6) is 0 Å². The van der Waals surface area contributed by atoms with Gasteiger partial charge in [-0.3, -0.25) is 0 Å². The first-order valence-electron chi connectivity index (χ1n) is 1.66. The molecule has 0 atom stereocenters. The van der Waals surface area contributed by atoms with Crippen molar-refractivity contribution >= 4 is 28.9 Å². The van der Waals surface area contributed by atoms with Crippen LogP contribution in [-0.2, 0) is 0 Å². The van der Waals surface area contributed by atoms with Crippen molar-refractivity contribution in [1.29, 1.82) is 5.41 Å². The molecule has 0 spiro atoms. The smallest absolute Gasteiger partial charge is 0.0620 e. The second-order valence-electron chi connectivity index (χ2n) is 0.690. The molecule has 5 heteroatoms. The van der Waals surface area contributed by atoms with E-state index in [9.17, 15) is 0 Å². The number of hydrogen-bond acceptors (Lipinski definition) is 5. The zero-order valence-electron chi connectivity index (χ0n) is 3.87. The molecule has 0 saturated heterocycles. The van der Waals surface area contributed by atoms with Gasteiger partial charge in [-0.15, -0.1) is 5.10 Å². The molecule has 1 heterocycles. The third kappa shape index (κ3) is 5.36. The van der Waals surface area contributed by atoms with Crippen molar-refractivity contribution in [3.63, 3.8) is 0 Å². The van der Waals surface area contributed by atoms with Gasteiger partial charge in [-0.05, 0) is 23.8 Å². The van der Waals surface area contributed by atoms with Crippen LogP contribution in [0, 0.1) is 5.41 Å². The van der Waals surface area contributed by atoms with Gasteiger partial charge in [0.2, 0.25) is 0 Å². The van der Waals surface area contributed by atoms with E-state index in [2.05, 4.69) is 21.8 Å². The zero-order chi connectivity index (χ0) is 6.24. The summed E-state index contributed by atoms with van der Waals surface area (Å²) in [6, 6.07) is 0. The van der Waals surface area contributed by atoms with Crippen LogP contribution in [0.15, 0.2) is 11.6 Å². The fourth-order valence-electron chi connectivity index (χ4n) is 0.136. The fraction of sp³-hybridized carbons (Fsp3) is 0. The number of aromatic nitrogens is 2. The van der Waals surface area contributed by atoms with Crippen LogP contribution in [0.4, 0.5) is 0 Å². The van der Waals surface area contributed by atoms with Crippen molar-refractivity contribution in [3.8, 4) is 0 Å². The molecule has 0 aliphatic rings. The summed E-state index contributed by atoms with van der Waals surface area (Å²) in [7, 11) is 0. The monoisotopic (exact) mass is 145 g/mol. The van der Waals surface area contributed by atoms with Gasteiger partial charge in [-0.25, -0.2) is 5.41 Å². The summed E-state index contributed by atoms with van der Waals surface area (Å²) in [5, 5.41) is 12.7. The molecule has 1 aromatic rings. The molecule has 0 aliphatic carbocycles. The SMILES string of the molecule is N=C=S.c1csnn1. The van der Waals surface area contributed by atoms with Gasteiger partial charge in [0.15, 0.2) is 0 Å². The van der Waals surface area contributed by atoms with Gasteiger partial charge < -0.3 is 0 Å². The molecule has 8 heavy (non-hydrogen) atoms. The van der Waals surface area contributed by atoms with Crippen LogP contribution in [0.1, 0.15) is 0 Å². The average Bonchev–Trinajstić information content (AvgIpc) is 2.17. The predicted molar refractivity (Wildman–Crippen MR) is 35.2 cm³/mol. The summed E-state index contributed by atoms with van der Waals surface area (Å²) in [4.78, 5) is 0. The van der Waals surface area contributed by atoms with Crippen molar-refractivity contribution < 1.29 is 0 Å². The van der Waals surface area contributed by atoms with E-state index in [0.29, 0.717) is 0 Å². The van der Waals surface area contributed by atoms with Crippen LogP contribution in [0.25, 0.3) is 0 Å². The van der Waals surface area contributed by atoms with E-state index in [1.54, 1.807) is 11.4 Å². The van der Waals surface area contributed by atoms with Gasteiger partial charge in [0.25, 0.3) is 0 Å². The maximum Gasteiger partial charge on any atom is 0.0620 e. The van der Waals surface area contributed by atoms with Gasteiger partial charge in [0.1, 0.15) is 0 Å². The van der Waals surface area contributed by atoms with E-state index >= 15 is 0 Å². The largest absolute Gasteiger partial charge is 0.248 e. The summed E-state index contributed by atoms with van der Waals surface area (Å²) in [6.45, 7) is 0. The number of nitrogens with zero attached hydrogens (tertiary/aromatic N) is 2. The number of thiocarbonyl (C=S) groups is 1. The Morgan fingerprint density at radius 3 is 2.50 bits per heavy atom. The van der Waals surface area contributed by atoms with Crippen molar-refractivity contribution in [2.75, 3.05) is 0 Å². The molecule has 3 nitrogen and oxygen atoms in total. The Labute approximate surface area is 56.0 Å². The minimum Gasteiger partial charge on any atom is -0.248 e. The Balaban J connectivity index is 0.000000145.